The van der Waals surface area contributed by atoms with Gasteiger partial charge in [0.1, 0.15) is 0 Å². The third-order valence-corrected chi connectivity index (χ3v) is 1.02. The van der Waals surface area contributed by atoms with E-state index in [0.29, 0.717) is 0 Å². The monoisotopic (exact) mass is 134 g/mol. The smallest absolute Gasteiger partial charge is 0.221 e. The number of amides is 1. The molecule has 0 atom stereocenters. The van der Waals surface area contributed by atoms with Gasteiger partial charge in [0, 0.05) is 18.7 Å². The van der Waals surface area contributed by atoms with Crippen LogP contribution in [0.25, 0.3) is 0 Å². The minimum atomic E-state index is -0.0672. The molecular formula is C8H8NO. The van der Waals surface area contributed by atoms with E-state index in [4.69, 9.17) is 0 Å². The van der Waals surface area contributed by atoms with Crippen molar-refractivity contribution in [2.45, 2.75) is 6.92 Å². The molecule has 51 valence electrons. The summed E-state index contributed by atoms with van der Waals surface area (Å²) >= 11 is 0. The number of carbonyl (C=O) groups excluding carboxylic acids is 1. The van der Waals surface area contributed by atoms with E-state index in [1.165, 1.54) is 6.92 Å². The molecule has 1 radical (unpaired) electrons. The number of benzene rings is 1. The lowest BCUT2D eigenvalue weighted by atomic mass is 10.3. The Morgan fingerprint density at radius 3 is 2.90 bits per heavy atom. The summed E-state index contributed by atoms with van der Waals surface area (Å²) in [6.07, 6.45) is 0. The molecule has 1 aromatic rings. The summed E-state index contributed by atoms with van der Waals surface area (Å²) < 4.78 is 0. The van der Waals surface area contributed by atoms with Crippen molar-refractivity contribution in [3.05, 3.63) is 30.3 Å². The second-order valence-electron chi connectivity index (χ2n) is 1.96. The number of rotatable bonds is 1. The van der Waals surface area contributed by atoms with Crippen molar-refractivity contribution >= 4 is 11.6 Å². The summed E-state index contributed by atoms with van der Waals surface area (Å²) in [6.45, 7) is 1.47. The first kappa shape index (κ1) is 6.81. The molecule has 1 rings (SSSR count). The Hall–Kier alpha value is -1.31. The van der Waals surface area contributed by atoms with Gasteiger partial charge in [0.05, 0.1) is 0 Å². The first-order valence-corrected chi connectivity index (χ1v) is 3.03. The fourth-order valence-corrected chi connectivity index (χ4v) is 0.661. The standard InChI is InChI=1S/C8H8NO/c1-7(10)9-8-5-3-2-4-6-8/h2-5H,1H3,(H,9,10). The highest BCUT2D eigenvalue weighted by molar-refractivity contribution is 5.88. The van der Waals surface area contributed by atoms with Gasteiger partial charge in [-0.05, 0) is 6.07 Å². The summed E-state index contributed by atoms with van der Waals surface area (Å²) in [5.41, 5.74) is 0.718. The lowest BCUT2D eigenvalue weighted by molar-refractivity contribution is -0.114. The molecule has 1 aromatic carbocycles. The quantitative estimate of drug-likeness (QED) is 0.618. The summed E-state index contributed by atoms with van der Waals surface area (Å²) in [5.74, 6) is -0.0672. The molecule has 0 aliphatic carbocycles. The molecule has 0 fully saturated rings. The number of hydrogen-bond acceptors (Lipinski definition) is 1. The molecule has 0 aliphatic heterocycles. The normalized spacial score (nSPS) is 8.90. The van der Waals surface area contributed by atoms with Crippen LogP contribution in [0.15, 0.2) is 24.3 Å². The maximum atomic E-state index is 10.5. The molecule has 0 bridgehead atoms. The van der Waals surface area contributed by atoms with Gasteiger partial charge in [0.15, 0.2) is 0 Å². The van der Waals surface area contributed by atoms with Crippen molar-refractivity contribution < 1.29 is 4.79 Å². The average Bonchev–Trinajstić information content (AvgIpc) is 1.88. The zero-order chi connectivity index (χ0) is 7.40. The van der Waals surface area contributed by atoms with Crippen LogP contribution in [0.5, 0.6) is 0 Å². The van der Waals surface area contributed by atoms with Crippen molar-refractivity contribution in [1.29, 1.82) is 0 Å². The topological polar surface area (TPSA) is 29.1 Å². The molecule has 1 N–H and O–H groups in total. The van der Waals surface area contributed by atoms with Gasteiger partial charge in [-0.1, -0.05) is 18.2 Å². The number of hydrogen-bond donors (Lipinski definition) is 1. The van der Waals surface area contributed by atoms with Crippen LogP contribution in [0, 0.1) is 6.07 Å². The van der Waals surface area contributed by atoms with Crippen LogP contribution in [-0.4, -0.2) is 5.91 Å². The Balaban J connectivity index is 2.67. The molecule has 0 aromatic heterocycles. The Labute approximate surface area is 59.9 Å². The van der Waals surface area contributed by atoms with E-state index in [1.54, 1.807) is 12.1 Å². The Bertz CT molecular complexity index is 218. The molecule has 2 nitrogen and oxygen atoms in total. The number of carbonyl (C=O) groups is 1. The molecule has 0 unspecified atom stereocenters. The molecule has 0 saturated carbocycles. The fourth-order valence-electron chi connectivity index (χ4n) is 0.661. The maximum Gasteiger partial charge on any atom is 0.221 e. The minimum Gasteiger partial charge on any atom is -0.326 e. The first-order valence-electron chi connectivity index (χ1n) is 3.03. The number of para-hydroxylation sites is 1. The molecular weight excluding hydrogens is 126 g/mol. The van der Waals surface area contributed by atoms with Crippen LogP contribution in [0.4, 0.5) is 5.69 Å². The van der Waals surface area contributed by atoms with E-state index in [-0.39, 0.29) is 5.91 Å². The third kappa shape index (κ3) is 1.90. The highest BCUT2D eigenvalue weighted by Crippen LogP contribution is 2.02. The van der Waals surface area contributed by atoms with Gasteiger partial charge < -0.3 is 5.32 Å². The van der Waals surface area contributed by atoms with Crippen molar-refractivity contribution in [3.8, 4) is 0 Å². The average molecular weight is 134 g/mol. The minimum absolute atomic E-state index is 0.0672. The van der Waals surface area contributed by atoms with Crippen molar-refractivity contribution in [2.75, 3.05) is 5.32 Å². The highest BCUT2D eigenvalue weighted by Gasteiger charge is 1.90. The van der Waals surface area contributed by atoms with Gasteiger partial charge in [-0.25, -0.2) is 0 Å². The number of anilines is 1. The van der Waals surface area contributed by atoms with Crippen LogP contribution < -0.4 is 5.32 Å². The van der Waals surface area contributed by atoms with E-state index in [2.05, 4.69) is 11.4 Å². The van der Waals surface area contributed by atoms with Gasteiger partial charge in [0.2, 0.25) is 5.91 Å². The molecule has 0 heterocycles. The van der Waals surface area contributed by atoms with Gasteiger partial charge in [-0.2, -0.15) is 0 Å². The van der Waals surface area contributed by atoms with Crippen molar-refractivity contribution in [1.82, 2.24) is 0 Å². The summed E-state index contributed by atoms with van der Waals surface area (Å²) in [6, 6.07) is 10.1. The Morgan fingerprint density at radius 2 is 2.40 bits per heavy atom. The lowest BCUT2D eigenvalue weighted by Crippen LogP contribution is -2.05. The lowest BCUT2D eigenvalue weighted by Gasteiger charge is -1.97. The van der Waals surface area contributed by atoms with Gasteiger partial charge >= 0.3 is 0 Å². The predicted octanol–water partition coefficient (Wildman–Crippen LogP) is 1.45. The van der Waals surface area contributed by atoms with Crippen LogP contribution in [-0.2, 0) is 4.79 Å². The van der Waals surface area contributed by atoms with Crippen LogP contribution in [0.2, 0.25) is 0 Å². The molecule has 0 saturated heterocycles. The van der Waals surface area contributed by atoms with Crippen molar-refractivity contribution in [3.63, 3.8) is 0 Å². The second kappa shape index (κ2) is 3.01. The maximum absolute atomic E-state index is 10.5. The van der Waals surface area contributed by atoms with Gasteiger partial charge in [0.25, 0.3) is 0 Å². The molecule has 0 spiro atoms. The van der Waals surface area contributed by atoms with E-state index in [0.717, 1.165) is 5.69 Å². The number of nitrogens with one attached hydrogen (secondary N) is 1. The zero-order valence-corrected chi connectivity index (χ0v) is 5.72. The fraction of sp³-hybridized carbons (Fsp3) is 0.125. The van der Waals surface area contributed by atoms with Crippen LogP contribution in [0.3, 0.4) is 0 Å². The van der Waals surface area contributed by atoms with Crippen LogP contribution >= 0.6 is 0 Å². The highest BCUT2D eigenvalue weighted by atomic mass is 16.1. The summed E-state index contributed by atoms with van der Waals surface area (Å²) in [4.78, 5) is 10.5. The summed E-state index contributed by atoms with van der Waals surface area (Å²) in [7, 11) is 0. The SMILES string of the molecule is CC(=O)Nc1[c]cccc1. The summed E-state index contributed by atoms with van der Waals surface area (Å²) in [5, 5.41) is 2.61. The van der Waals surface area contributed by atoms with E-state index in [9.17, 15) is 4.79 Å². The third-order valence-electron chi connectivity index (χ3n) is 1.02. The molecule has 2 heteroatoms. The Morgan fingerprint density at radius 1 is 1.60 bits per heavy atom. The Kier molecular flexibility index (Phi) is 2.05. The molecule has 10 heavy (non-hydrogen) atoms. The van der Waals surface area contributed by atoms with E-state index < -0.39 is 0 Å². The van der Waals surface area contributed by atoms with Gasteiger partial charge in [-0.15, -0.1) is 0 Å². The van der Waals surface area contributed by atoms with Gasteiger partial charge in [-0.3, -0.25) is 4.79 Å². The zero-order valence-electron chi connectivity index (χ0n) is 5.72. The first-order chi connectivity index (χ1) is 4.79. The van der Waals surface area contributed by atoms with Crippen LogP contribution in [0.1, 0.15) is 6.92 Å². The molecule has 0 aliphatic rings. The molecule has 1 amide bonds. The van der Waals surface area contributed by atoms with E-state index in [1.807, 2.05) is 12.1 Å². The van der Waals surface area contributed by atoms with E-state index >= 15 is 0 Å². The largest absolute Gasteiger partial charge is 0.326 e. The predicted molar refractivity (Wildman–Crippen MR) is 39.6 cm³/mol. The van der Waals surface area contributed by atoms with Crippen molar-refractivity contribution in [2.24, 2.45) is 0 Å². The second-order valence-corrected chi connectivity index (χ2v) is 1.96.